The molecular formula is C10H20ClNO. The summed E-state index contributed by atoms with van der Waals surface area (Å²) >= 11 is 0. The van der Waals surface area contributed by atoms with Gasteiger partial charge in [-0.05, 0) is 32.2 Å². The van der Waals surface area contributed by atoms with E-state index < -0.39 is 0 Å². The summed E-state index contributed by atoms with van der Waals surface area (Å²) in [6, 6.07) is 0. The Bertz CT molecular complexity index is 149. The van der Waals surface area contributed by atoms with Crippen LogP contribution in [0.5, 0.6) is 0 Å². The van der Waals surface area contributed by atoms with Crippen molar-refractivity contribution in [3.8, 4) is 0 Å². The fourth-order valence-electron chi connectivity index (χ4n) is 2.78. The van der Waals surface area contributed by atoms with Gasteiger partial charge < -0.3 is 10.4 Å². The van der Waals surface area contributed by atoms with Crippen LogP contribution in [0.3, 0.4) is 0 Å². The van der Waals surface area contributed by atoms with Crippen LogP contribution in [-0.2, 0) is 0 Å². The Labute approximate surface area is 86.5 Å². The van der Waals surface area contributed by atoms with Crippen molar-refractivity contribution < 1.29 is 5.11 Å². The SMILES string of the molecule is Cl.O[C@H]1CCCC[C@@]12CCCNC2. The zero-order valence-corrected chi connectivity index (χ0v) is 8.91. The van der Waals surface area contributed by atoms with Gasteiger partial charge in [-0.2, -0.15) is 0 Å². The van der Waals surface area contributed by atoms with Gasteiger partial charge in [0.15, 0.2) is 0 Å². The zero-order valence-electron chi connectivity index (χ0n) is 8.09. The third-order valence-corrected chi connectivity index (χ3v) is 3.61. The monoisotopic (exact) mass is 205 g/mol. The Morgan fingerprint density at radius 1 is 1.15 bits per heavy atom. The lowest BCUT2D eigenvalue weighted by Gasteiger charge is -2.44. The van der Waals surface area contributed by atoms with Crippen LogP contribution < -0.4 is 5.32 Å². The Balaban J connectivity index is 0.000000845. The quantitative estimate of drug-likeness (QED) is 0.631. The second-order valence-corrected chi connectivity index (χ2v) is 4.40. The summed E-state index contributed by atoms with van der Waals surface area (Å²) in [5, 5.41) is 13.4. The number of rotatable bonds is 0. The number of halogens is 1. The number of aliphatic hydroxyl groups is 1. The molecule has 0 aromatic heterocycles. The molecule has 1 aliphatic heterocycles. The Morgan fingerprint density at radius 3 is 2.54 bits per heavy atom. The van der Waals surface area contributed by atoms with E-state index in [-0.39, 0.29) is 23.9 Å². The van der Waals surface area contributed by atoms with Crippen molar-refractivity contribution in [2.24, 2.45) is 5.41 Å². The van der Waals surface area contributed by atoms with Crippen molar-refractivity contribution in [1.82, 2.24) is 5.32 Å². The van der Waals surface area contributed by atoms with Crippen molar-refractivity contribution >= 4 is 12.4 Å². The molecule has 1 spiro atoms. The van der Waals surface area contributed by atoms with E-state index in [4.69, 9.17) is 0 Å². The summed E-state index contributed by atoms with van der Waals surface area (Å²) in [7, 11) is 0. The summed E-state index contributed by atoms with van der Waals surface area (Å²) < 4.78 is 0. The van der Waals surface area contributed by atoms with Gasteiger partial charge in [-0.3, -0.25) is 0 Å². The Morgan fingerprint density at radius 2 is 1.92 bits per heavy atom. The van der Waals surface area contributed by atoms with Crippen LogP contribution in [0.2, 0.25) is 0 Å². The molecule has 1 saturated carbocycles. The second-order valence-electron chi connectivity index (χ2n) is 4.40. The molecule has 1 saturated heterocycles. The van der Waals surface area contributed by atoms with Gasteiger partial charge in [0.1, 0.15) is 0 Å². The third kappa shape index (κ3) is 2.17. The molecule has 1 aliphatic carbocycles. The zero-order chi connectivity index (χ0) is 8.44. The third-order valence-electron chi connectivity index (χ3n) is 3.61. The minimum atomic E-state index is -0.0287. The summed E-state index contributed by atoms with van der Waals surface area (Å²) in [5.41, 5.74) is 0.260. The minimum absolute atomic E-state index is 0. The van der Waals surface area contributed by atoms with E-state index in [1.807, 2.05) is 0 Å². The van der Waals surface area contributed by atoms with Crippen molar-refractivity contribution in [3.63, 3.8) is 0 Å². The highest BCUT2D eigenvalue weighted by Crippen LogP contribution is 2.41. The Hall–Kier alpha value is 0.210. The van der Waals surface area contributed by atoms with Gasteiger partial charge in [0.2, 0.25) is 0 Å². The van der Waals surface area contributed by atoms with E-state index in [0.29, 0.717) is 0 Å². The molecule has 3 heteroatoms. The topological polar surface area (TPSA) is 32.3 Å². The first kappa shape index (κ1) is 11.3. The molecule has 0 aromatic rings. The fourth-order valence-corrected chi connectivity index (χ4v) is 2.78. The standard InChI is InChI=1S/C10H19NO.ClH/c12-9-4-1-2-5-10(9)6-3-7-11-8-10;/h9,11-12H,1-8H2;1H/t9-,10-;/m0./s1. The minimum Gasteiger partial charge on any atom is -0.393 e. The molecular weight excluding hydrogens is 186 g/mol. The highest BCUT2D eigenvalue weighted by molar-refractivity contribution is 5.85. The lowest BCUT2D eigenvalue weighted by atomic mass is 9.68. The summed E-state index contributed by atoms with van der Waals surface area (Å²) in [4.78, 5) is 0. The van der Waals surface area contributed by atoms with E-state index in [0.717, 1.165) is 19.5 Å². The molecule has 0 unspecified atom stereocenters. The molecule has 2 rings (SSSR count). The molecule has 2 aliphatic rings. The van der Waals surface area contributed by atoms with Crippen molar-refractivity contribution in [2.75, 3.05) is 13.1 Å². The largest absolute Gasteiger partial charge is 0.393 e. The van der Waals surface area contributed by atoms with Gasteiger partial charge >= 0.3 is 0 Å². The maximum Gasteiger partial charge on any atom is 0.0608 e. The van der Waals surface area contributed by atoms with E-state index in [2.05, 4.69) is 5.32 Å². The number of nitrogens with one attached hydrogen (secondary N) is 1. The van der Waals surface area contributed by atoms with E-state index in [9.17, 15) is 5.11 Å². The molecule has 0 amide bonds. The molecule has 2 nitrogen and oxygen atoms in total. The average molecular weight is 206 g/mol. The van der Waals surface area contributed by atoms with Gasteiger partial charge in [0.05, 0.1) is 6.10 Å². The van der Waals surface area contributed by atoms with Gasteiger partial charge in [0, 0.05) is 12.0 Å². The van der Waals surface area contributed by atoms with E-state index in [1.54, 1.807) is 0 Å². The predicted octanol–water partition coefficient (Wildman–Crippen LogP) is 1.71. The summed E-state index contributed by atoms with van der Waals surface area (Å²) in [6.45, 7) is 2.20. The van der Waals surface area contributed by atoms with Gasteiger partial charge in [-0.1, -0.05) is 12.8 Å². The first-order chi connectivity index (χ1) is 5.83. The van der Waals surface area contributed by atoms with Crippen LogP contribution in [0.25, 0.3) is 0 Å². The van der Waals surface area contributed by atoms with Crippen molar-refractivity contribution in [2.45, 2.75) is 44.6 Å². The van der Waals surface area contributed by atoms with E-state index >= 15 is 0 Å². The van der Waals surface area contributed by atoms with Crippen LogP contribution >= 0.6 is 12.4 Å². The molecule has 0 radical (unpaired) electrons. The van der Waals surface area contributed by atoms with E-state index in [1.165, 1.54) is 32.1 Å². The summed E-state index contributed by atoms with van der Waals surface area (Å²) in [6.07, 6.45) is 7.27. The Kier molecular flexibility index (Phi) is 4.02. The molecule has 0 bridgehead atoms. The predicted molar refractivity (Wildman–Crippen MR) is 56.3 cm³/mol. The first-order valence-corrected chi connectivity index (χ1v) is 5.22. The van der Waals surface area contributed by atoms with Crippen molar-refractivity contribution in [3.05, 3.63) is 0 Å². The molecule has 0 aromatic carbocycles. The molecule has 78 valence electrons. The number of hydrogen-bond acceptors (Lipinski definition) is 2. The fraction of sp³-hybridized carbons (Fsp3) is 1.00. The number of piperidine rings is 1. The van der Waals surface area contributed by atoms with Crippen molar-refractivity contribution in [1.29, 1.82) is 0 Å². The number of aliphatic hydroxyl groups excluding tert-OH is 1. The lowest BCUT2D eigenvalue weighted by molar-refractivity contribution is -0.0271. The van der Waals surface area contributed by atoms with Gasteiger partial charge in [-0.15, -0.1) is 12.4 Å². The first-order valence-electron chi connectivity index (χ1n) is 5.22. The van der Waals surface area contributed by atoms with Crippen LogP contribution in [0.1, 0.15) is 38.5 Å². The smallest absolute Gasteiger partial charge is 0.0608 e. The second kappa shape index (κ2) is 4.63. The average Bonchev–Trinajstić information content (AvgIpc) is 2.12. The van der Waals surface area contributed by atoms with Gasteiger partial charge in [0.25, 0.3) is 0 Å². The molecule has 1 heterocycles. The maximum absolute atomic E-state index is 9.94. The molecule has 13 heavy (non-hydrogen) atoms. The maximum atomic E-state index is 9.94. The van der Waals surface area contributed by atoms with Gasteiger partial charge in [-0.25, -0.2) is 0 Å². The molecule has 2 N–H and O–H groups in total. The van der Waals surface area contributed by atoms with Crippen LogP contribution in [0.15, 0.2) is 0 Å². The highest BCUT2D eigenvalue weighted by Gasteiger charge is 2.40. The lowest BCUT2D eigenvalue weighted by Crippen LogP contribution is -2.49. The van der Waals surface area contributed by atoms with Crippen LogP contribution in [0, 0.1) is 5.41 Å². The summed E-state index contributed by atoms with van der Waals surface area (Å²) in [5.74, 6) is 0. The van der Waals surface area contributed by atoms with Crippen LogP contribution in [-0.4, -0.2) is 24.3 Å². The molecule has 2 atom stereocenters. The molecule has 2 fully saturated rings. The highest BCUT2D eigenvalue weighted by atomic mass is 35.5. The van der Waals surface area contributed by atoms with Crippen LogP contribution in [0.4, 0.5) is 0 Å². The normalized spacial score (nSPS) is 39.9. The number of hydrogen-bond donors (Lipinski definition) is 2.